The van der Waals surface area contributed by atoms with Gasteiger partial charge in [-0.1, -0.05) is 13.8 Å². The number of hydrogen-bond acceptors (Lipinski definition) is 1. The molecular weight excluding hydrogens is 114 g/mol. The van der Waals surface area contributed by atoms with Crippen LogP contribution in [0.5, 0.6) is 0 Å². The first-order chi connectivity index (χ1) is 4.04. The second-order valence-corrected chi connectivity index (χ2v) is 2.89. The molecule has 0 atom stereocenters. The molecule has 0 bridgehead atoms. The summed E-state index contributed by atoms with van der Waals surface area (Å²) >= 11 is 0. The zero-order chi connectivity index (χ0) is 7.44. The van der Waals surface area contributed by atoms with E-state index >= 15 is 0 Å². The first-order valence-electron chi connectivity index (χ1n) is 3.24. The summed E-state index contributed by atoms with van der Waals surface area (Å²) in [5.41, 5.74) is 0. The van der Waals surface area contributed by atoms with E-state index in [1.54, 1.807) is 19.0 Å². The number of rotatable bonds is 2. The first-order valence-corrected chi connectivity index (χ1v) is 3.24. The van der Waals surface area contributed by atoms with Crippen LogP contribution < -0.4 is 0 Å². The maximum atomic E-state index is 10.9. The minimum atomic E-state index is 0.213. The van der Waals surface area contributed by atoms with Crippen LogP contribution in [0.1, 0.15) is 20.3 Å². The van der Waals surface area contributed by atoms with Crippen LogP contribution in [-0.2, 0) is 4.79 Å². The Morgan fingerprint density at radius 1 is 1.44 bits per heavy atom. The van der Waals surface area contributed by atoms with Crippen molar-refractivity contribution in [3.63, 3.8) is 0 Å². The van der Waals surface area contributed by atoms with E-state index < -0.39 is 0 Å². The Morgan fingerprint density at radius 2 is 1.89 bits per heavy atom. The predicted molar refractivity (Wildman–Crippen MR) is 38.1 cm³/mol. The summed E-state index contributed by atoms with van der Waals surface area (Å²) in [6, 6.07) is 0. The summed E-state index contributed by atoms with van der Waals surface area (Å²) in [4.78, 5) is 12.5. The molecule has 2 heteroatoms. The monoisotopic (exact) mass is 129 g/mol. The van der Waals surface area contributed by atoms with E-state index in [9.17, 15) is 4.79 Å². The molecule has 0 aromatic rings. The normalized spacial score (nSPS) is 9.89. The topological polar surface area (TPSA) is 20.3 Å². The summed E-state index contributed by atoms with van der Waals surface area (Å²) in [5, 5.41) is 0. The molecule has 2 nitrogen and oxygen atoms in total. The molecule has 0 spiro atoms. The summed E-state index contributed by atoms with van der Waals surface area (Å²) in [6.45, 7) is 4.09. The Morgan fingerprint density at radius 3 is 2.00 bits per heavy atom. The Kier molecular flexibility index (Phi) is 3.28. The lowest BCUT2D eigenvalue weighted by atomic mass is 10.1. The van der Waals surface area contributed by atoms with Gasteiger partial charge >= 0.3 is 0 Å². The van der Waals surface area contributed by atoms with E-state index in [1.807, 2.05) is 13.8 Å². The summed E-state index contributed by atoms with van der Waals surface area (Å²) in [7, 11) is 3.56. The van der Waals surface area contributed by atoms with Crippen molar-refractivity contribution in [2.45, 2.75) is 20.3 Å². The number of nitrogens with zero attached hydrogens (tertiary/aromatic N) is 1. The average Bonchev–Trinajstić information content (AvgIpc) is 1.63. The molecular formula is C7H15NO. The lowest BCUT2D eigenvalue weighted by Crippen LogP contribution is -2.22. The molecule has 0 unspecified atom stereocenters. The quantitative estimate of drug-likeness (QED) is 0.547. The third kappa shape index (κ3) is 4.01. The highest BCUT2D eigenvalue weighted by Crippen LogP contribution is 2.00. The molecule has 9 heavy (non-hydrogen) atoms. The lowest BCUT2D eigenvalue weighted by Gasteiger charge is -2.10. The molecule has 0 aromatic carbocycles. The fourth-order valence-electron chi connectivity index (χ4n) is 0.532. The Bertz CT molecular complexity index is 97.1. The van der Waals surface area contributed by atoms with Crippen molar-refractivity contribution in [2.24, 2.45) is 5.92 Å². The maximum Gasteiger partial charge on any atom is 0.222 e. The Labute approximate surface area is 56.9 Å². The zero-order valence-electron chi connectivity index (χ0n) is 6.64. The fraction of sp³-hybridized carbons (Fsp3) is 0.857. The molecule has 0 rings (SSSR count). The van der Waals surface area contributed by atoms with Gasteiger partial charge in [-0.2, -0.15) is 0 Å². The van der Waals surface area contributed by atoms with Gasteiger partial charge in [0, 0.05) is 20.5 Å². The van der Waals surface area contributed by atoms with E-state index in [4.69, 9.17) is 0 Å². The first kappa shape index (κ1) is 8.47. The highest BCUT2D eigenvalue weighted by Gasteiger charge is 2.04. The number of hydrogen-bond donors (Lipinski definition) is 0. The van der Waals surface area contributed by atoms with Gasteiger partial charge in [0.1, 0.15) is 0 Å². The minimum absolute atomic E-state index is 0.213. The molecule has 0 N–H and O–H groups in total. The summed E-state index contributed by atoms with van der Waals surface area (Å²) in [5.74, 6) is 0.685. The lowest BCUT2D eigenvalue weighted by molar-refractivity contribution is -0.129. The Balaban J connectivity index is 3.51. The van der Waals surface area contributed by atoms with Crippen LogP contribution in [0.4, 0.5) is 0 Å². The number of carbonyl (C=O) groups excluding carboxylic acids is 1. The molecule has 0 aliphatic heterocycles. The van der Waals surface area contributed by atoms with Crippen molar-refractivity contribution in [2.75, 3.05) is 14.1 Å². The van der Waals surface area contributed by atoms with E-state index in [2.05, 4.69) is 0 Å². The molecule has 0 aromatic heterocycles. The zero-order valence-corrected chi connectivity index (χ0v) is 6.64. The number of amides is 1. The van der Waals surface area contributed by atoms with Gasteiger partial charge in [0.2, 0.25) is 5.91 Å². The third-order valence-corrected chi connectivity index (χ3v) is 1.08. The van der Waals surface area contributed by atoms with Crippen LogP contribution in [0, 0.1) is 5.92 Å². The van der Waals surface area contributed by atoms with Gasteiger partial charge in [0.25, 0.3) is 0 Å². The van der Waals surface area contributed by atoms with Gasteiger partial charge in [0.05, 0.1) is 0 Å². The largest absolute Gasteiger partial charge is 0.349 e. The molecule has 0 saturated heterocycles. The maximum absolute atomic E-state index is 10.9. The summed E-state index contributed by atoms with van der Waals surface area (Å²) in [6.07, 6.45) is 0.660. The number of carbonyl (C=O) groups is 1. The second kappa shape index (κ2) is 3.49. The van der Waals surface area contributed by atoms with Gasteiger partial charge in [-0.3, -0.25) is 4.79 Å². The van der Waals surface area contributed by atoms with Crippen molar-refractivity contribution in [1.29, 1.82) is 0 Å². The van der Waals surface area contributed by atoms with Gasteiger partial charge in [-0.25, -0.2) is 0 Å². The van der Waals surface area contributed by atoms with Crippen molar-refractivity contribution in [3.05, 3.63) is 0 Å². The van der Waals surface area contributed by atoms with Crippen molar-refractivity contribution >= 4 is 5.91 Å². The van der Waals surface area contributed by atoms with Crippen LogP contribution in [0.15, 0.2) is 0 Å². The minimum Gasteiger partial charge on any atom is -0.349 e. The van der Waals surface area contributed by atoms with E-state index in [0.717, 1.165) is 0 Å². The third-order valence-electron chi connectivity index (χ3n) is 1.08. The van der Waals surface area contributed by atoms with Crippen LogP contribution in [0.25, 0.3) is 0 Å². The van der Waals surface area contributed by atoms with Crippen molar-refractivity contribution < 1.29 is 4.79 Å². The molecule has 1 amide bonds. The van der Waals surface area contributed by atoms with Gasteiger partial charge < -0.3 is 4.90 Å². The molecule has 54 valence electrons. The van der Waals surface area contributed by atoms with Crippen molar-refractivity contribution in [3.8, 4) is 0 Å². The molecule has 0 fully saturated rings. The van der Waals surface area contributed by atoms with Crippen LogP contribution in [-0.4, -0.2) is 24.9 Å². The van der Waals surface area contributed by atoms with Gasteiger partial charge in [0.15, 0.2) is 0 Å². The van der Waals surface area contributed by atoms with E-state index in [0.29, 0.717) is 12.3 Å². The summed E-state index contributed by atoms with van der Waals surface area (Å²) < 4.78 is 0. The van der Waals surface area contributed by atoms with Crippen LogP contribution >= 0.6 is 0 Å². The highest BCUT2D eigenvalue weighted by molar-refractivity contribution is 5.75. The van der Waals surface area contributed by atoms with Crippen molar-refractivity contribution in [1.82, 2.24) is 4.90 Å². The van der Waals surface area contributed by atoms with Gasteiger partial charge in [-0.15, -0.1) is 0 Å². The van der Waals surface area contributed by atoms with E-state index in [-0.39, 0.29) is 5.91 Å². The highest BCUT2D eigenvalue weighted by atomic mass is 16.2. The average molecular weight is 129 g/mol. The second-order valence-electron chi connectivity index (χ2n) is 2.89. The predicted octanol–water partition coefficient (Wildman–Crippen LogP) is 1.12. The smallest absolute Gasteiger partial charge is 0.222 e. The fourth-order valence-corrected chi connectivity index (χ4v) is 0.532. The Hall–Kier alpha value is -0.530. The van der Waals surface area contributed by atoms with Crippen LogP contribution in [0.3, 0.4) is 0 Å². The SMILES string of the molecule is CC(C)CC(=O)N(C)C. The molecule has 0 aliphatic rings. The van der Waals surface area contributed by atoms with Crippen LogP contribution in [0.2, 0.25) is 0 Å². The van der Waals surface area contributed by atoms with Gasteiger partial charge in [-0.05, 0) is 5.92 Å². The standard InChI is InChI=1S/C7H15NO/c1-6(2)5-7(9)8(3)4/h6H,5H2,1-4H3. The molecule has 0 saturated carbocycles. The molecule has 0 aliphatic carbocycles. The van der Waals surface area contributed by atoms with E-state index in [1.165, 1.54) is 0 Å². The molecule has 0 radical (unpaired) electrons. The molecule has 0 heterocycles.